The molecule has 1 nitrogen and oxygen atoms in total. The molecule has 0 bridgehead atoms. The maximum Gasteiger partial charge on any atom is 0.128 e. The molecule has 0 spiro atoms. The fraction of sp³-hybridized carbons (Fsp3) is 0.143. The monoisotopic (exact) mass is 375 g/mol. The van der Waals surface area contributed by atoms with Crippen LogP contribution < -0.4 is 5.32 Å². The van der Waals surface area contributed by atoms with E-state index in [0.29, 0.717) is 10.6 Å². The molecule has 1 N–H and O–H groups in total. The highest BCUT2D eigenvalue weighted by Gasteiger charge is 2.11. The fourth-order valence-electron chi connectivity index (χ4n) is 1.74. The summed E-state index contributed by atoms with van der Waals surface area (Å²) >= 11 is 8.34. The van der Waals surface area contributed by atoms with E-state index >= 15 is 0 Å². The molecule has 0 saturated heterocycles. The molecular weight excluding hydrogens is 364 g/mol. The topological polar surface area (TPSA) is 12.0 Å². The summed E-state index contributed by atoms with van der Waals surface area (Å²) in [5, 5.41) is 3.86. The van der Waals surface area contributed by atoms with E-state index in [9.17, 15) is 4.39 Å². The fourth-order valence-corrected chi connectivity index (χ4v) is 2.65. The lowest BCUT2D eigenvalue weighted by molar-refractivity contribution is 0.600. The van der Waals surface area contributed by atoms with Crippen molar-refractivity contribution in [3.8, 4) is 0 Å². The van der Waals surface area contributed by atoms with Gasteiger partial charge in [0.15, 0.2) is 0 Å². The Morgan fingerprint density at radius 3 is 2.61 bits per heavy atom. The lowest BCUT2D eigenvalue weighted by Gasteiger charge is -2.17. The molecule has 2 aromatic rings. The van der Waals surface area contributed by atoms with Gasteiger partial charge in [-0.2, -0.15) is 0 Å². The summed E-state index contributed by atoms with van der Waals surface area (Å²) in [6.45, 7) is 1.91. The van der Waals surface area contributed by atoms with E-state index in [1.165, 1.54) is 6.07 Å². The van der Waals surface area contributed by atoms with Crippen molar-refractivity contribution in [1.29, 1.82) is 0 Å². The predicted octanol–water partition coefficient (Wildman–Crippen LogP) is 5.26. The highest BCUT2D eigenvalue weighted by Crippen LogP contribution is 2.28. The van der Waals surface area contributed by atoms with Gasteiger partial charge in [-0.1, -0.05) is 29.8 Å². The number of benzene rings is 2. The minimum atomic E-state index is -0.209. The van der Waals surface area contributed by atoms with Crippen molar-refractivity contribution in [2.24, 2.45) is 0 Å². The van der Waals surface area contributed by atoms with Gasteiger partial charge in [-0.3, -0.25) is 0 Å². The van der Waals surface area contributed by atoms with Crippen LogP contribution in [0.5, 0.6) is 0 Å². The first-order valence-corrected chi connectivity index (χ1v) is 6.99. The quantitative estimate of drug-likeness (QED) is 0.722. The van der Waals surface area contributed by atoms with Gasteiger partial charge in [-0.25, -0.2) is 4.39 Å². The van der Waals surface area contributed by atoms with Crippen molar-refractivity contribution >= 4 is 39.9 Å². The first-order chi connectivity index (χ1) is 8.58. The molecule has 94 valence electrons. The van der Waals surface area contributed by atoms with Crippen LogP contribution in [0.4, 0.5) is 10.1 Å². The second-order valence-electron chi connectivity index (χ2n) is 4.01. The van der Waals surface area contributed by atoms with E-state index in [2.05, 4.69) is 27.9 Å². The summed E-state index contributed by atoms with van der Waals surface area (Å²) in [6.07, 6.45) is 0. The molecule has 0 aromatic heterocycles. The molecule has 0 aliphatic carbocycles. The number of hydrogen-bond acceptors (Lipinski definition) is 1. The van der Waals surface area contributed by atoms with E-state index in [0.717, 1.165) is 9.26 Å². The lowest BCUT2D eigenvalue weighted by atomic mass is 10.1. The molecule has 0 heterocycles. The van der Waals surface area contributed by atoms with E-state index in [4.69, 9.17) is 11.6 Å². The smallest absolute Gasteiger partial charge is 0.128 e. The number of rotatable bonds is 3. The highest BCUT2D eigenvalue weighted by atomic mass is 127. The Labute approximate surface area is 124 Å². The van der Waals surface area contributed by atoms with Crippen molar-refractivity contribution in [2.45, 2.75) is 13.0 Å². The van der Waals surface area contributed by atoms with Crippen molar-refractivity contribution in [3.05, 3.63) is 62.4 Å². The minimum absolute atomic E-state index is 0.135. The van der Waals surface area contributed by atoms with Gasteiger partial charge in [-0.15, -0.1) is 0 Å². The Kier molecular flexibility index (Phi) is 4.45. The number of anilines is 1. The zero-order valence-electron chi connectivity index (χ0n) is 9.75. The Morgan fingerprint density at radius 1 is 1.22 bits per heavy atom. The standard InChI is InChI=1S/C14H12ClFIN/c1-9(11-4-2-3-5-13(11)16)18-14-7-6-10(17)8-12(14)15/h2-9,18H,1H3. The van der Waals surface area contributed by atoms with Gasteiger partial charge in [0.05, 0.1) is 16.8 Å². The van der Waals surface area contributed by atoms with Crippen LogP contribution in [-0.4, -0.2) is 0 Å². The molecule has 2 rings (SSSR count). The molecule has 4 heteroatoms. The molecule has 0 aliphatic rings. The molecule has 2 aromatic carbocycles. The van der Waals surface area contributed by atoms with Crippen molar-refractivity contribution in [3.63, 3.8) is 0 Å². The van der Waals surface area contributed by atoms with Crippen LogP contribution in [-0.2, 0) is 0 Å². The summed E-state index contributed by atoms with van der Waals surface area (Å²) in [6, 6.07) is 12.3. The van der Waals surface area contributed by atoms with E-state index < -0.39 is 0 Å². The summed E-state index contributed by atoms with van der Waals surface area (Å²) in [5.74, 6) is -0.209. The Bertz CT molecular complexity index is 559. The summed E-state index contributed by atoms with van der Waals surface area (Å²) in [4.78, 5) is 0. The van der Waals surface area contributed by atoms with Crippen LogP contribution in [0, 0.1) is 9.39 Å². The summed E-state index contributed by atoms with van der Waals surface area (Å²) in [7, 11) is 0. The lowest BCUT2D eigenvalue weighted by Crippen LogP contribution is -2.08. The molecule has 0 fully saturated rings. The van der Waals surface area contributed by atoms with E-state index in [1.54, 1.807) is 12.1 Å². The average molecular weight is 376 g/mol. The molecular formula is C14H12ClFIN. The third-order valence-corrected chi connectivity index (χ3v) is 3.66. The number of halogens is 3. The molecule has 1 atom stereocenters. The van der Waals surface area contributed by atoms with E-state index in [-0.39, 0.29) is 11.9 Å². The Morgan fingerprint density at radius 2 is 1.94 bits per heavy atom. The number of nitrogens with one attached hydrogen (secondary N) is 1. The van der Waals surface area contributed by atoms with E-state index in [1.807, 2.05) is 31.2 Å². The predicted molar refractivity (Wildman–Crippen MR) is 82.6 cm³/mol. The second-order valence-corrected chi connectivity index (χ2v) is 5.66. The molecule has 0 radical (unpaired) electrons. The first-order valence-electron chi connectivity index (χ1n) is 5.54. The van der Waals surface area contributed by atoms with Crippen LogP contribution in [0.25, 0.3) is 0 Å². The van der Waals surface area contributed by atoms with Crippen LogP contribution in [0.1, 0.15) is 18.5 Å². The zero-order chi connectivity index (χ0) is 13.1. The summed E-state index contributed by atoms with van der Waals surface area (Å²) in [5.41, 5.74) is 1.44. The minimum Gasteiger partial charge on any atom is -0.377 e. The largest absolute Gasteiger partial charge is 0.377 e. The van der Waals surface area contributed by atoms with Crippen LogP contribution in [0.2, 0.25) is 5.02 Å². The molecule has 0 saturated carbocycles. The van der Waals surface area contributed by atoms with Crippen LogP contribution in [0.3, 0.4) is 0 Å². The third kappa shape index (κ3) is 3.14. The maximum absolute atomic E-state index is 13.6. The van der Waals surface area contributed by atoms with Crippen molar-refractivity contribution < 1.29 is 4.39 Å². The first kappa shape index (κ1) is 13.6. The Balaban J connectivity index is 2.21. The van der Waals surface area contributed by atoms with Gasteiger partial charge < -0.3 is 5.32 Å². The Hall–Kier alpha value is -0.810. The highest BCUT2D eigenvalue weighted by molar-refractivity contribution is 14.1. The SMILES string of the molecule is CC(Nc1ccc(I)cc1Cl)c1ccccc1F. The van der Waals surface area contributed by atoms with Crippen molar-refractivity contribution in [1.82, 2.24) is 0 Å². The van der Waals surface area contributed by atoms with Gasteiger partial charge in [0, 0.05) is 9.13 Å². The van der Waals surface area contributed by atoms with Crippen LogP contribution >= 0.6 is 34.2 Å². The zero-order valence-corrected chi connectivity index (χ0v) is 12.7. The molecule has 1 unspecified atom stereocenters. The third-order valence-electron chi connectivity index (χ3n) is 2.67. The molecule has 0 aliphatic heterocycles. The summed E-state index contributed by atoms with van der Waals surface area (Å²) < 4.78 is 14.7. The molecule has 18 heavy (non-hydrogen) atoms. The van der Waals surface area contributed by atoms with Gasteiger partial charge >= 0.3 is 0 Å². The van der Waals surface area contributed by atoms with Gasteiger partial charge in [0.2, 0.25) is 0 Å². The van der Waals surface area contributed by atoms with Gasteiger partial charge in [0.25, 0.3) is 0 Å². The van der Waals surface area contributed by atoms with Crippen molar-refractivity contribution in [2.75, 3.05) is 5.32 Å². The second kappa shape index (κ2) is 5.89. The average Bonchev–Trinajstić information content (AvgIpc) is 2.33. The normalized spacial score (nSPS) is 12.2. The number of hydrogen-bond donors (Lipinski definition) is 1. The van der Waals surface area contributed by atoms with Crippen LogP contribution in [0.15, 0.2) is 42.5 Å². The maximum atomic E-state index is 13.6. The van der Waals surface area contributed by atoms with Gasteiger partial charge in [-0.05, 0) is 53.8 Å². The van der Waals surface area contributed by atoms with Gasteiger partial charge in [0.1, 0.15) is 5.82 Å². The molecule has 0 amide bonds.